The van der Waals surface area contributed by atoms with Gasteiger partial charge in [0.25, 0.3) is 0 Å². The van der Waals surface area contributed by atoms with Crippen molar-refractivity contribution in [2.45, 2.75) is 32.7 Å². The van der Waals surface area contributed by atoms with Gasteiger partial charge in [0.05, 0.1) is 6.54 Å². The van der Waals surface area contributed by atoms with Gasteiger partial charge in [0.2, 0.25) is 0 Å². The van der Waals surface area contributed by atoms with Crippen LogP contribution in [0.1, 0.15) is 26.7 Å². The Balaban J connectivity index is 1.87. The zero-order valence-electron chi connectivity index (χ0n) is 13.5. The van der Waals surface area contributed by atoms with Crippen LogP contribution in [0.25, 0.3) is 0 Å². The van der Waals surface area contributed by atoms with Crippen LogP contribution >= 0.6 is 0 Å². The Morgan fingerprint density at radius 3 is 2.57 bits per heavy atom. The monoisotopic (exact) mass is 288 g/mol. The Morgan fingerprint density at radius 1 is 1.33 bits per heavy atom. The Morgan fingerprint density at radius 2 is 1.95 bits per heavy atom. The molecule has 1 aromatic rings. The molecule has 1 atom stereocenters. The van der Waals surface area contributed by atoms with Crippen LogP contribution in [0.4, 0.5) is 5.69 Å². The van der Waals surface area contributed by atoms with Crippen molar-refractivity contribution >= 4 is 11.6 Å². The molecule has 0 bridgehead atoms. The van der Waals surface area contributed by atoms with Gasteiger partial charge in [-0.05, 0) is 37.8 Å². The average molecular weight is 288 g/mol. The van der Waals surface area contributed by atoms with E-state index in [0.717, 1.165) is 25.6 Å². The predicted molar refractivity (Wildman–Crippen MR) is 90.8 cm³/mol. The largest absolute Gasteiger partial charge is 0.370 e. The molecule has 1 unspecified atom stereocenters. The fourth-order valence-electron chi connectivity index (χ4n) is 2.60. The van der Waals surface area contributed by atoms with E-state index in [1.165, 1.54) is 18.5 Å². The highest BCUT2D eigenvalue weighted by Crippen LogP contribution is 2.16. The van der Waals surface area contributed by atoms with Crippen molar-refractivity contribution in [2.75, 3.05) is 31.6 Å². The van der Waals surface area contributed by atoms with Crippen LogP contribution in [-0.2, 0) is 0 Å². The van der Waals surface area contributed by atoms with E-state index in [0.29, 0.717) is 12.0 Å². The van der Waals surface area contributed by atoms with Gasteiger partial charge in [-0.15, -0.1) is 0 Å². The molecule has 4 heteroatoms. The molecule has 0 radical (unpaired) electrons. The third-order valence-corrected chi connectivity index (χ3v) is 4.45. The zero-order chi connectivity index (χ0) is 15.2. The molecule has 116 valence electrons. The number of nitrogens with zero attached hydrogens (tertiary/aromatic N) is 3. The number of hydrogen-bond donors (Lipinski definition) is 1. The molecular weight excluding hydrogens is 260 g/mol. The number of benzene rings is 1. The lowest BCUT2D eigenvalue weighted by Gasteiger charge is -2.31. The summed E-state index contributed by atoms with van der Waals surface area (Å²) in [6, 6.07) is 10.7. The van der Waals surface area contributed by atoms with Crippen LogP contribution in [0.2, 0.25) is 0 Å². The van der Waals surface area contributed by atoms with Crippen LogP contribution in [0.15, 0.2) is 35.3 Å². The highest BCUT2D eigenvalue weighted by Gasteiger charge is 2.17. The van der Waals surface area contributed by atoms with Crippen LogP contribution < -0.4 is 10.6 Å². The lowest BCUT2D eigenvalue weighted by Crippen LogP contribution is -2.43. The molecule has 0 aromatic heterocycles. The number of likely N-dealkylation sites (tertiary alicyclic amines) is 1. The van der Waals surface area contributed by atoms with Crippen LogP contribution in [0.3, 0.4) is 0 Å². The van der Waals surface area contributed by atoms with Gasteiger partial charge in [0.15, 0.2) is 5.96 Å². The molecule has 1 aromatic carbocycles. The number of nitrogens with two attached hydrogens (primary N) is 1. The second-order valence-electron chi connectivity index (χ2n) is 6.16. The Kier molecular flexibility index (Phi) is 5.48. The second-order valence-corrected chi connectivity index (χ2v) is 6.16. The van der Waals surface area contributed by atoms with E-state index in [1.54, 1.807) is 0 Å². The molecule has 2 N–H and O–H groups in total. The first-order valence-electron chi connectivity index (χ1n) is 7.90. The second kappa shape index (κ2) is 7.34. The first-order valence-corrected chi connectivity index (χ1v) is 7.90. The lowest BCUT2D eigenvalue weighted by molar-refractivity contribution is 0.277. The van der Waals surface area contributed by atoms with Crippen molar-refractivity contribution in [3.63, 3.8) is 0 Å². The summed E-state index contributed by atoms with van der Waals surface area (Å²) in [7, 11) is 2.11. The van der Waals surface area contributed by atoms with Crippen LogP contribution in [0, 0.1) is 5.92 Å². The summed E-state index contributed by atoms with van der Waals surface area (Å²) in [6.45, 7) is 7.30. The number of para-hydroxylation sites is 1. The fraction of sp³-hybridized carbons (Fsp3) is 0.588. The summed E-state index contributed by atoms with van der Waals surface area (Å²) in [4.78, 5) is 9.06. The SMILES string of the molecule is CC1CCN(C(N)=NCC(C)N(C)c2ccccc2)CC1. The lowest BCUT2D eigenvalue weighted by atomic mass is 10.00. The van der Waals surface area contributed by atoms with E-state index in [4.69, 9.17) is 5.73 Å². The zero-order valence-corrected chi connectivity index (χ0v) is 13.5. The summed E-state index contributed by atoms with van der Waals surface area (Å²) < 4.78 is 0. The summed E-state index contributed by atoms with van der Waals surface area (Å²) >= 11 is 0. The molecule has 1 aliphatic rings. The molecule has 1 aliphatic heterocycles. The number of guanidine groups is 1. The van der Waals surface area contributed by atoms with Gasteiger partial charge in [0, 0.05) is 31.9 Å². The van der Waals surface area contributed by atoms with Crippen molar-refractivity contribution in [2.24, 2.45) is 16.6 Å². The Bertz CT molecular complexity index is 449. The molecule has 0 aliphatic carbocycles. The van der Waals surface area contributed by atoms with E-state index < -0.39 is 0 Å². The molecular formula is C17H28N4. The Hall–Kier alpha value is -1.71. The molecule has 0 saturated carbocycles. The number of aliphatic imine (C=N–C) groups is 1. The maximum absolute atomic E-state index is 6.14. The average Bonchev–Trinajstić information content (AvgIpc) is 2.53. The van der Waals surface area contributed by atoms with Crippen molar-refractivity contribution in [3.05, 3.63) is 30.3 Å². The van der Waals surface area contributed by atoms with E-state index in [9.17, 15) is 0 Å². The predicted octanol–water partition coefficient (Wildman–Crippen LogP) is 2.56. The third kappa shape index (κ3) is 4.38. The maximum Gasteiger partial charge on any atom is 0.191 e. The quantitative estimate of drug-likeness (QED) is 0.684. The normalized spacial score (nSPS) is 18.6. The Labute approximate surface area is 128 Å². The highest BCUT2D eigenvalue weighted by atomic mass is 15.3. The van der Waals surface area contributed by atoms with Crippen molar-refractivity contribution < 1.29 is 0 Å². The number of anilines is 1. The molecule has 0 amide bonds. The molecule has 1 saturated heterocycles. The van der Waals surface area contributed by atoms with E-state index in [1.807, 2.05) is 6.07 Å². The smallest absolute Gasteiger partial charge is 0.191 e. The molecule has 2 rings (SSSR count). The molecule has 0 spiro atoms. The minimum absolute atomic E-state index is 0.328. The van der Waals surface area contributed by atoms with Gasteiger partial charge in [-0.25, -0.2) is 0 Å². The molecule has 1 heterocycles. The summed E-state index contributed by atoms with van der Waals surface area (Å²) in [6.07, 6.45) is 2.44. The van der Waals surface area contributed by atoms with Gasteiger partial charge >= 0.3 is 0 Å². The van der Waals surface area contributed by atoms with Crippen LogP contribution in [-0.4, -0.2) is 43.6 Å². The van der Waals surface area contributed by atoms with Gasteiger partial charge in [-0.1, -0.05) is 25.1 Å². The maximum atomic E-state index is 6.14. The number of piperidine rings is 1. The number of likely N-dealkylation sites (N-methyl/N-ethyl adjacent to an activating group) is 1. The van der Waals surface area contributed by atoms with Gasteiger partial charge in [0.1, 0.15) is 0 Å². The van der Waals surface area contributed by atoms with Crippen molar-refractivity contribution in [3.8, 4) is 0 Å². The van der Waals surface area contributed by atoms with Crippen molar-refractivity contribution in [1.29, 1.82) is 0 Å². The van der Waals surface area contributed by atoms with E-state index in [-0.39, 0.29) is 0 Å². The summed E-state index contributed by atoms with van der Waals surface area (Å²) in [5.41, 5.74) is 7.35. The van der Waals surface area contributed by atoms with Crippen molar-refractivity contribution in [1.82, 2.24) is 4.90 Å². The standard InChI is InChI=1S/C17H28N4/c1-14-9-11-21(12-10-14)17(18)19-13-15(2)20(3)16-7-5-4-6-8-16/h4-8,14-15H,9-13H2,1-3H3,(H2,18,19). The van der Waals surface area contributed by atoms with Gasteiger partial charge < -0.3 is 15.5 Å². The summed E-state index contributed by atoms with van der Waals surface area (Å²) in [5, 5.41) is 0. The first kappa shape index (κ1) is 15.7. The molecule has 21 heavy (non-hydrogen) atoms. The van der Waals surface area contributed by atoms with E-state index >= 15 is 0 Å². The topological polar surface area (TPSA) is 44.9 Å². The first-order chi connectivity index (χ1) is 10.1. The number of hydrogen-bond acceptors (Lipinski definition) is 2. The van der Waals surface area contributed by atoms with E-state index in [2.05, 4.69) is 60.0 Å². The fourth-order valence-corrected chi connectivity index (χ4v) is 2.60. The van der Waals surface area contributed by atoms with Gasteiger partial charge in [-0.3, -0.25) is 4.99 Å². The minimum Gasteiger partial charge on any atom is -0.370 e. The summed E-state index contributed by atoms with van der Waals surface area (Å²) in [5.74, 6) is 1.52. The van der Waals surface area contributed by atoms with Gasteiger partial charge in [-0.2, -0.15) is 0 Å². The highest BCUT2D eigenvalue weighted by molar-refractivity contribution is 5.78. The van der Waals surface area contributed by atoms with Crippen LogP contribution in [0.5, 0.6) is 0 Å². The number of rotatable bonds is 4. The molecule has 1 fully saturated rings. The minimum atomic E-state index is 0.328. The third-order valence-electron chi connectivity index (χ3n) is 4.45. The molecule has 4 nitrogen and oxygen atoms in total.